The molecule has 0 aliphatic carbocycles. The molecule has 0 saturated heterocycles. The Morgan fingerprint density at radius 1 is 1.58 bits per heavy atom. The highest BCUT2D eigenvalue weighted by molar-refractivity contribution is 9.10. The summed E-state index contributed by atoms with van der Waals surface area (Å²) in [5, 5.41) is 11.7. The molecule has 0 aliphatic heterocycles. The van der Waals surface area contributed by atoms with Gasteiger partial charge in [0.2, 0.25) is 0 Å². The van der Waals surface area contributed by atoms with E-state index in [1.54, 1.807) is 17.2 Å². The van der Waals surface area contributed by atoms with E-state index in [0.29, 0.717) is 17.8 Å². The Hall–Kier alpha value is -1.14. The standard InChI is InChI=1S/C13H20BrN3O2/c1-9(5-4-6-18)16-13(19)11-7-10(14)8-15-12(11)17(2)3/h7-9,18H,4-6H2,1-3H3,(H,16,19). The van der Waals surface area contributed by atoms with Crippen LogP contribution in [0.2, 0.25) is 0 Å². The summed E-state index contributed by atoms with van der Waals surface area (Å²) in [7, 11) is 3.70. The maximum absolute atomic E-state index is 12.2. The van der Waals surface area contributed by atoms with E-state index >= 15 is 0 Å². The van der Waals surface area contributed by atoms with Gasteiger partial charge in [0.05, 0.1) is 5.56 Å². The summed E-state index contributed by atoms with van der Waals surface area (Å²) in [6, 6.07) is 1.78. The summed E-state index contributed by atoms with van der Waals surface area (Å²) < 4.78 is 0.770. The van der Waals surface area contributed by atoms with Gasteiger partial charge < -0.3 is 15.3 Å². The molecule has 19 heavy (non-hydrogen) atoms. The Morgan fingerprint density at radius 2 is 2.26 bits per heavy atom. The summed E-state index contributed by atoms with van der Waals surface area (Å²) in [6.07, 6.45) is 3.10. The van der Waals surface area contributed by atoms with Gasteiger partial charge in [-0.2, -0.15) is 0 Å². The second kappa shape index (κ2) is 7.45. The van der Waals surface area contributed by atoms with Crippen LogP contribution < -0.4 is 10.2 Å². The van der Waals surface area contributed by atoms with Crippen molar-refractivity contribution in [3.63, 3.8) is 0 Å². The Morgan fingerprint density at radius 3 is 2.84 bits per heavy atom. The Balaban J connectivity index is 2.83. The molecule has 1 amide bonds. The molecule has 1 heterocycles. The third kappa shape index (κ3) is 4.80. The number of carbonyl (C=O) groups is 1. The van der Waals surface area contributed by atoms with Crippen LogP contribution in [-0.4, -0.2) is 42.7 Å². The first-order valence-electron chi connectivity index (χ1n) is 6.20. The number of hydrogen-bond donors (Lipinski definition) is 2. The molecule has 1 rings (SSSR count). The predicted molar refractivity (Wildman–Crippen MR) is 79.5 cm³/mol. The van der Waals surface area contributed by atoms with Crippen molar-refractivity contribution in [1.29, 1.82) is 0 Å². The van der Waals surface area contributed by atoms with Gasteiger partial charge in [0.25, 0.3) is 5.91 Å². The first-order valence-corrected chi connectivity index (χ1v) is 6.99. The maximum Gasteiger partial charge on any atom is 0.255 e. The average Bonchev–Trinajstić information content (AvgIpc) is 2.35. The van der Waals surface area contributed by atoms with E-state index in [-0.39, 0.29) is 18.6 Å². The number of halogens is 1. The molecule has 5 nitrogen and oxygen atoms in total. The van der Waals surface area contributed by atoms with Crippen LogP contribution in [0.3, 0.4) is 0 Å². The number of amides is 1. The van der Waals surface area contributed by atoms with E-state index in [2.05, 4.69) is 26.2 Å². The first-order chi connectivity index (χ1) is 8.95. The lowest BCUT2D eigenvalue weighted by molar-refractivity contribution is 0.0936. The minimum absolute atomic E-state index is 0.0219. The fraction of sp³-hybridized carbons (Fsp3) is 0.538. The van der Waals surface area contributed by atoms with Gasteiger partial charge in [0.15, 0.2) is 0 Å². The van der Waals surface area contributed by atoms with Gasteiger partial charge in [-0.25, -0.2) is 4.98 Å². The number of carbonyl (C=O) groups excluding carboxylic acids is 1. The largest absolute Gasteiger partial charge is 0.396 e. The summed E-state index contributed by atoms with van der Waals surface area (Å²) in [5.74, 6) is 0.484. The van der Waals surface area contributed by atoms with Crippen molar-refractivity contribution < 1.29 is 9.90 Å². The van der Waals surface area contributed by atoms with E-state index in [9.17, 15) is 4.79 Å². The molecule has 0 spiro atoms. The van der Waals surface area contributed by atoms with Gasteiger partial charge in [-0.1, -0.05) is 0 Å². The predicted octanol–water partition coefficient (Wildman–Crippen LogP) is 1.80. The molecule has 1 aromatic heterocycles. The maximum atomic E-state index is 12.2. The fourth-order valence-corrected chi connectivity index (χ4v) is 2.06. The van der Waals surface area contributed by atoms with Gasteiger partial charge in [-0.15, -0.1) is 0 Å². The quantitative estimate of drug-likeness (QED) is 0.835. The molecule has 106 valence electrons. The lowest BCUT2D eigenvalue weighted by atomic mass is 10.1. The zero-order chi connectivity index (χ0) is 14.4. The minimum atomic E-state index is -0.150. The molecule has 0 fully saturated rings. The molecule has 1 atom stereocenters. The molecule has 1 unspecified atom stereocenters. The summed E-state index contributed by atoms with van der Waals surface area (Å²) >= 11 is 3.33. The molecule has 0 aromatic carbocycles. The first kappa shape index (κ1) is 15.9. The van der Waals surface area contributed by atoms with Crippen LogP contribution in [0.1, 0.15) is 30.1 Å². The highest BCUT2D eigenvalue weighted by Crippen LogP contribution is 2.20. The molecule has 0 radical (unpaired) electrons. The van der Waals surface area contributed by atoms with Crippen LogP contribution in [0.15, 0.2) is 16.7 Å². The highest BCUT2D eigenvalue weighted by Gasteiger charge is 2.16. The Kier molecular flexibility index (Phi) is 6.24. The molecule has 0 saturated carbocycles. The number of rotatable bonds is 6. The second-order valence-electron chi connectivity index (χ2n) is 4.66. The molecule has 6 heteroatoms. The van der Waals surface area contributed by atoms with E-state index in [1.165, 1.54) is 0 Å². The monoisotopic (exact) mass is 329 g/mol. The smallest absolute Gasteiger partial charge is 0.255 e. The highest BCUT2D eigenvalue weighted by atomic mass is 79.9. The normalized spacial score (nSPS) is 12.1. The van der Waals surface area contributed by atoms with Crippen LogP contribution >= 0.6 is 15.9 Å². The topological polar surface area (TPSA) is 65.5 Å². The number of aliphatic hydroxyl groups is 1. The summed E-state index contributed by atoms with van der Waals surface area (Å²) in [5.41, 5.74) is 0.537. The van der Waals surface area contributed by atoms with Gasteiger partial charge in [-0.05, 0) is 41.8 Å². The van der Waals surface area contributed by atoms with Crippen molar-refractivity contribution in [2.75, 3.05) is 25.6 Å². The van der Waals surface area contributed by atoms with Gasteiger partial charge in [-0.3, -0.25) is 4.79 Å². The SMILES string of the molecule is CC(CCCO)NC(=O)c1cc(Br)cnc1N(C)C. The van der Waals surface area contributed by atoms with Crippen molar-refractivity contribution in [3.05, 3.63) is 22.3 Å². The Bertz CT molecular complexity index is 438. The van der Waals surface area contributed by atoms with Crippen LogP contribution in [0, 0.1) is 0 Å². The summed E-state index contributed by atoms with van der Waals surface area (Å²) in [6.45, 7) is 2.07. The van der Waals surface area contributed by atoms with Gasteiger partial charge in [0.1, 0.15) is 5.82 Å². The molecular weight excluding hydrogens is 310 g/mol. The van der Waals surface area contributed by atoms with E-state index < -0.39 is 0 Å². The van der Waals surface area contributed by atoms with E-state index in [1.807, 2.05) is 21.0 Å². The molecule has 2 N–H and O–H groups in total. The number of aliphatic hydroxyl groups excluding tert-OH is 1. The molecular formula is C13H20BrN3O2. The van der Waals surface area contributed by atoms with Crippen molar-refractivity contribution in [2.45, 2.75) is 25.8 Å². The van der Waals surface area contributed by atoms with E-state index in [4.69, 9.17) is 5.11 Å². The van der Waals surface area contributed by atoms with Crippen molar-refractivity contribution in [3.8, 4) is 0 Å². The van der Waals surface area contributed by atoms with Crippen molar-refractivity contribution in [2.24, 2.45) is 0 Å². The van der Waals surface area contributed by atoms with Crippen LogP contribution in [0.4, 0.5) is 5.82 Å². The van der Waals surface area contributed by atoms with Crippen LogP contribution in [0.25, 0.3) is 0 Å². The third-order valence-electron chi connectivity index (χ3n) is 2.67. The minimum Gasteiger partial charge on any atom is -0.396 e. The number of nitrogens with one attached hydrogen (secondary N) is 1. The zero-order valence-electron chi connectivity index (χ0n) is 11.5. The number of aromatic nitrogens is 1. The number of nitrogens with zero attached hydrogens (tertiary/aromatic N) is 2. The van der Waals surface area contributed by atoms with Crippen LogP contribution in [0.5, 0.6) is 0 Å². The lowest BCUT2D eigenvalue weighted by Gasteiger charge is -2.18. The molecule has 0 aliphatic rings. The number of hydrogen-bond acceptors (Lipinski definition) is 4. The van der Waals surface area contributed by atoms with Gasteiger partial charge >= 0.3 is 0 Å². The molecule has 0 bridgehead atoms. The van der Waals surface area contributed by atoms with Crippen molar-refractivity contribution >= 4 is 27.7 Å². The fourth-order valence-electron chi connectivity index (χ4n) is 1.73. The number of pyridine rings is 1. The van der Waals surface area contributed by atoms with E-state index in [0.717, 1.165) is 10.9 Å². The van der Waals surface area contributed by atoms with Crippen molar-refractivity contribution in [1.82, 2.24) is 10.3 Å². The van der Waals surface area contributed by atoms with Gasteiger partial charge in [0, 0.05) is 37.4 Å². The Labute approximate surface area is 122 Å². The van der Waals surface area contributed by atoms with Crippen LogP contribution in [-0.2, 0) is 0 Å². The average molecular weight is 330 g/mol. The zero-order valence-corrected chi connectivity index (χ0v) is 13.1. The second-order valence-corrected chi connectivity index (χ2v) is 5.58. The number of anilines is 1. The molecule has 1 aromatic rings. The summed E-state index contributed by atoms with van der Waals surface area (Å²) in [4.78, 5) is 18.3. The lowest BCUT2D eigenvalue weighted by Crippen LogP contribution is -2.33. The third-order valence-corrected chi connectivity index (χ3v) is 3.11.